The highest BCUT2D eigenvalue weighted by atomic mass is 32.2. The van der Waals surface area contributed by atoms with Gasteiger partial charge in [-0.25, -0.2) is 8.42 Å². The van der Waals surface area contributed by atoms with Crippen molar-refractivity contribution in [3.8, 4) is 11.1 Å². The summed E-state index contributed by atoms with van der Waals surface area (Å²) in [6.45, 7) is 3.27. The van der Waals surface area contributed by atoms with Crippen molar-refractivity contribution in [3.05, 3.63) is 96.8 Å². The predicted octanol–water partition coefficient (Wildman–Crippen LogP) is 5.89. The molecule has 5 rings (SSSR count). The second-order valence-electron chi connectivity index (χ2n) is 9.55. The van der Waals surface area contributed by atoms with Crippen LogP contribution in [0.25, 0.3) is 32.9 Å². The van der Waals surface area contributed by atoms with Crippen LogP contribution < -0.4 is 10.0 Å². The maximum atomic E-state index is 12.9. The SMILES string of the molecule is CC(C)C(NS(=O)(=O)c1ccc(-c2ccc(NC(=O)c3cc4c(ccc5ccccc54)o3)cc2)cc1)C(=O)O. The molecule has 4 aromatic carbocycles. The van der Waals surface area contributed by atoms with Gasteiger partial charge >= 0.3 is 5.97 Å². The molecule has 0 aliphatic rings. The number of amides is 1. The maximum absolute atomic E-state index is 12.9. The summed E-state index contributed by atoms with van der Waals surface area (Å²) in [7, 11) is -4.00. The number of benzene rings is 4. The first-order valence-corrected chi connectivity index (χ1v) is 13.8. The Morgan fingerprint density at radius 3 is 2.10 bits per heavy atom. The Bertz CT molecular complexity index is 1790. The lowest BCUT2D eigenvalue weighted by Crippen LogP contribution is -2.44. The highest BCUT2D eigenvalue weighted by Crippen LogP contribution is 2.29. The van der Waals surface area contributed by atoms with E-state index < -0.39 is 28.0 Å². The standard InChI is InChI=1S/C30H26N2O6S/c1-18(2)28(30(34)35)32-39(36,37)23-14-9-20(10-15-23)19-7-12-22(13-8-19)31-29(33)27-17-25-24-6-4-3-5-21(24)11-16-26(25)38-27/h3-18,28,32H,1-2H3,(H,31,33)(H,34,35). The van der Waals surface area contributed by atoms with Gasteiger partial charge in [0.05, 0.1) is 4.90 Å². The normalized spacial score (nSPS) is 12.6. The van der Waals surface area contributed by atoms with E-state index in [2.05, 4.69) is 10.0 Å². The van der Waals surface area contributed by atoms with Crippen LogP contribution in [0.15, 0.2) is 100 Å². The number of sulfonamides is 1. The maximum Gasteiger partial charge on any atom is 0.322 e. The smallest absolute Gasteiger partial charge is 0.322 e. The van der Waals surface area contributed by atoms with Crippen LogP contribution in [0.1, 0.15) is 24.4 Å². The summed E-state index contributed by atoms with van der Waals surface area (Å²) in [6, 6.07) is 25.5. The number of aliphatic carboxylic acids is 1. The van der Waals surface area contributed by atoms with Crippen LogP contribution in [0.4, 0.5) is 5.69 Å². The van der Waals surface area contributed by atoms with Crippen molar-refractivity contribution < 1.29 is 27.5 Å². The van der Waals surface area contributed by atoms with E-state index >= 15 is 0 Å². The molecule has 0 aliphatic heterocycles. The lowest BCUT2D eigenvalue weighted by atomic mass is 10.1. The molecule has 0 saturated carbocycles. The lowest BCUT2D eigenvalue weighted by molar-refractivity contribution is -0.140. The van der Waals surface area contributed by atoms with Crippen molar-refractivity contribution >= 4 is 49.3 Å². The minimum absolute atomic E-state index is 0.0272. The number of nitrogens with one attached hydrogen (secondary N) is 2. The Kier molecular flexibility index (Phi) is 6.94. The van der Waals surface area contributed by atoms with Crippen LogP contribution in [-0.4, -0.2) is 31.4 Å². The zero-order valence-corrected chi connectivity index (χ0v) is 22.0. The number of carboxylic acids is 1. The van der Waals surface area contributed by atoms with E-state index in [0.29, 0.717) is 11.3 Å². The van der Waals surface area contributed by atoms with E-state index in [4.69, 9.17) is 4.42 Å². The van der Waals surface area contributed by atoms with Crippen molar-refractivity contribution in [1.82, 2.24) is 4.72 Å². The molecule has 1 aromatic heterocycles. The summed E-state index contributed by atoms with van der Waals surface area (Å²) in [4.78, 5) is 24.2. The molecule has 0 saturated heterocycles. The molecular weight excluding hydrogens is 516 g/mol. The second-order valence-corrected chi connectivity index (χ2v) is 11.3. The molecule has 0 aliphatic carbocycles. The molecule has 3 N–H and O–H groups in total. The number of hydrogen-bond acceptors (Lipinski definition) is 5. The first-order chi connectivity index (χ1) is 18.6. The van der Waals surface area contributed by atoms with Gasteiger partial charge in [0, 0.05) is 11.1 Å². The molecular formula is C30H26N2O6S. The topological polar surface area (TPSA) is 126 Å². The Morgan fingerprint density at radius 1 is 0.821 bits per heavy atom. The zero-order chi connectivity index (χ0) is 27.7. The van der Waals surface area contributed by atoms with Gasteiger partial charge in [-0.2, -0.15) is 4.72 Å². The highest BCUT2D eigenvalue weighted by Gasteiger charge is 2.28. The predicted molar refractivity (Wildman–Crippen MR) is 150 cm³/mol. The van der Waals surface area contributed by atoms with Crippen molar-refractivity contribution in [1.29, 1.82) is 0 Å². The average molecular weight is 543 g/mol. The van der Waals surface area contributed by atoms with E-state index in [-0.39, 0.29) is 16.6 Å². The van der Waals surface area contributed by atoms with Crippen LogP contribution in [0.2, 0.25) is 0 Å². The van der Waals surface area contributed by atoms with Gasteiger partial charge in [0.2, 0.25) is 10.0 Å². The van der Waals surface area contributed by atoms with Gasteiger partial charge in [0.1, 0.15) is 11.6 Å². The van der Waals surface area contributed by atoms with Crippen molar-refractivity contribution in [2.45, 2.75) is 24.8 Å². The summed E-state index contributed by atoms with van der Waals surface area (Å²) in [5, 5.41) is 15.1. The molecule has 9 heteroatoms. The molecule has 1 unspecified atom stereocenters. The fourth-order valence-electron chi connectivity index (χ4n) is 4.38. The van der Waals surface area contributed by atoms with Gasteiger partial charge in [-0.15, -0.1) is 0 Å². The zero-order valence-electron chi connectivity index (χ0n) is 21.2. The van der Waals surface area contributed by atoms with Gasteiger partial charge < -0.3 is 14.8 Å². The number of carboxylic acid groups (broad SMARTS) is 1. The fraction of sp³-hybridized carbons (Fsp3) is 0.133. The third-order valence-corrected chi connectivity index (χ3v) is 7.96. The third kappa shape index (κ3) is 5.41. The van der Waals surface area contributed by atoms with Crippen molar-refractivity contribution in [2.75, 3.05) is 5.32 Å². The monoisotopic (exact) mass is 542 g/mol. The summed E-state index contributed by atoms with van der Waals surface area (Å²) in [5.74, 6) is -1.81. The van der Waals surface area contributed by atoms with Crippen molar-refractivity contribution in [3.63, 3.8) is 0 Å². The van der Waals surface area contributed by atoms with Gasteiger partial charge in [-0.1, -0.05) is 68.4 Å². The minimum atomic E-state index is -4.00. The van der Waals surface area contributed by atoms with Gasteiger partial charge in [0.25, 0.3) is 5.91 Å². The number of anilines is 1. The number of rotatable bonds is 8. The number of furan rings is 1. The van der Waals surface area contributed by atoms with Gasteiger partial charge in [-0.05, 0) is 64.2 Å². The van der Waals surface area contributed by atoms with E-state index in [1.807, 2.05) is 48.5 Å². The van der Waals surface area contributed by atoms with Gasteiger partial charge in [0.15, 0.2) is 5.76 Å². The Labute approximate surface area is 225 Å². The van der Waals surface area contributed by atoms with Crippen LogP contribution in [0.3, 0.4) is 0 Å². The van der Waals surface area contributed by atoms with Gasteiger partial charge in [-0.3, -0.25) is 9.59 Å². The number of fused-ring (bicyclic) bond motifs is 3. The molecule has 1 heterocycles. The second kappa shape index (κ2) is 10.4. The molecule has 8 nitrogen and oxygen atoms in total. The minimum Gasteiger partial charge on any atom is -0.480 e. The number of hydrogen-bond donors (Lipinski definition) is 3. The Hall–Kier alpha value is -4.47. The summed E-state index contributed by atoms with van der Waals surface area (Å²) in [5.41, 5.74) is 2.78. The highest BCUT2D eigenvalue weighted by molar-refractivity contribution is 7.89. The average Bonchev–Trinajstić information content (AvgIpc) is 3.37. The molecule has 1 atom stereocenters. The van der Waals surface area contributed by atoms with Crippen LogP contribution in [-0.2, 0) is 14.8 Å². The molecule has 198 valence electrons. The van der Waals surface area contributed by atoms with Crippen LogP contribution in [0.5, 0.6) is 0 Å². The molecule has 39 heavy (non-hydrogen) atoms. The van der Waals surface area contributed by atoms with E-state index in [0.717, 1.165) is 27.3 Å². The Morgan fingerprint density at radius 2 is 1.46 bits per heavy atom. The molecule has 5 aromatic rings. The summed E-state index contributed by atoms with van der Waals surface area (Å²) < 4.78 is 33.4. The van der Waals surface area contributed by atoms with Crippen LogP contribution in [0, 0.1) is 5.92 Å². The fourth-order valence-corrected chi connectivity index (χ4v) is 5.71. The molecule has 0 fully saturated rings. The molecule has 0 spiro atoms. The lowest BCUT2D eigenvalue weighted by Gasteiger charge is -2.18. The molecule has 0 bridgehead atoms. The van der Waals surface area contributed by atoms with E-state index in [1.165, 1.54) is 12.1 Å². The quantitative estimate of drug-likeness (QED) is 0.224. The van der Waals surface area contributed by atoms with E-state index in [9.17, 15) is 23.1 Å². The third-order valence-electron chi connectivity index (χ3n) is 6.51. The van der Waals surface area contributed by atoms with Crippen LogP contribution >= 0.6 is 0 Å². The Balaban J connectivity index is 1.29. The molecule has 0 radical (unpaired) electrons. The van der Waals surface area contributed by atoms with E-state index in [1.54, 1.807) is 44.2 Å². The van der Waals surface area contributed by atoms with Crippen molar-refractivity contribution in [2.24, 2.45) is 5.92 Å². The summed E-state index contributed by atoms with van der Waals surface area (Å²) in [6.07, 6.45) is 0. The summed E-state index contributed by atoms with van der Waals surface area (Å²) >= 11 is 0. The number of carbonyl (C=O) groups excluding carboxylic acids is 1. The first-order valence-electron chi connectivity index (χ1n) is 12.3. The molecule has 1 amide bonds. The number of carbonyl (C=O) groups is 2. The first kappa shape index (κ1) is 26.1. The largest absolute Gasteiger partial charge is 0.480 e.